The quantitative estimate of drug-likeness (QED) is 0.818. The lowest BCUT2D eigenvalue weighted by molar-refractivity contribution is 0.306. The molecule has 0 atom stereocenters. The summed E-state index contributed by atoms with van der Waals surface area (Å²) in [7, 11) is 3.28. The van der Waals surface area contributed by atoms with Crippen LogP contribution in [0.15, 0.2) is 46.6 Å². The third-order valence-corrected chi connectivity index (χ3v) is 4.69. The highest BCUT2D eigenvalue weighted by atomic mass is 16.5. The molecule has 1 aromatic carbocycles. The van der Waals surface area contributed by atoms with Gasteiger partial charge < -0.3 is 24.6 Å². The molecule has 2 heterocycles. The van der Waals surface area contributed by atoms with Crippen LogP contribution in [0.4, 0.5) is 0 Å². The van der Waals surface area contributed by atoms with Gasteiger partial charge in [-0.25, -0.2) is 0 Å². The van der Waals surface area contributed by atoms with E-state index in [1.165, 1.54) is 0 Å². The molecule has 122 valence electrons. The third-order valence-electron chi connectivity index (χ3n) is 4.69. The molecule has 24 heavy (non-hydrogen) atoms. The van der Waals surface area contributed by atoms with Gasteiger partial charge in [-0.3, -0.25) is 0 Å². The second-order valence-corrected chi connectivity index (χ2v) is 5.97. The number of benzene rings is 1. The maximum atomic E-state index is 9.82. The van der Waals surface area contributed by atoms with Crippen LogP contribution in [-0.4, -0.2) is 35.9 Å². The van der Waals surface area contributed by atoms with E-state index in [2.05, 4.69) is 17.1 Å². The van der Waals surface area contributed by atoms with Gasteiger partial charge in [-0.15, -0.1) is 0 Å². The number of nitrogens with zero attached hydrogens (tertiary/aromatic N) is 1. The van der Waals surface area contributed by atoms with Gasteiger partial charge in [0, 0.05) is 24.6 Å². The summed E-state index contributed by atoms with van der Waals surface area (Å²) >= 11 is 0. The summed E-state index contributed by atoms with van der Waals surface area (Å²) in [5, 5.41) is 19.5. The minimum absolute atomic E-state index is 0.120. The zero-order chi connectivity index (χ0) is 16.8. The first-order valence-electron chi connectivity index (χ1n) is 7.80. The Balaban J connectivity index is 1.85. The monoisotopic (exact) mass is 324 g/mol. The van der Waals surface area contributed by atoms with Gasteiger partial charge >= 0.3 is 5.76 Å². The zero-order valence-electron chi connectivity index (χ0n) is 13.6. The fourth-order valence-corrected chi connectivity index (χ4v) is 3.50. The lowest BCUT2D eigenvalue weighted by Crippen LogP contribution is -2.33. The van der Waals surface area contributed by atoms with Crippen molar-refractivity contribution in [2.45, 2.75) is 13.0 Å². The van der Waals surface area contributed by atoms with Crippen molar-refractivity contribution in [3.05, 3.63) is 63.8 Å². The summed E-state index contributed by atoms with van der Waals surface area (Å²) in [4.78, 5) is 2.24. The fraction of sp³-hybridized carbons (Fsp3) is 0.263. The van der Waals surface area contributed by atoms with Gasteiger partial charge in [0.05, 0.1) is 38.5 Å². The van der Waals surface area contributed by atoms with Gasteiger partial charge in [0.2, 0.25) is 5.76 Å². The van der Waals surface area contributed by atoms with Crippen LogP contribution in [0, 0.1) is 6.08 Å². The molecule has 1 saturated heterocycles. The Labute approximate surface area is 140 Å². The van der Waals surface area contributed by atoms with E-state index < -0.39 is 0 Å². The molecule has 1 aliphatic carbocycles. The Hall–Kier alpha value is -2.91. The van der Waals surface area contributed by atoms with E-state index in [0.29, 0.717) is 6.54 Å². The number of rotatable bonds is 2. The number of aliphatic hydroxyl groups excluding tert-OH is 2. The molecule has 5 heteroatoms. The predicted octanol–water partition coefficient (Wildman–Crippen LogP) is 3.26. The SMILES string of the molecule is COc1ccc2c(c1OC)CN1CCC3=CC(O)=C(O)[C+]=C3C1=C2. The molecular weight excluding hydrogens is 306 g/mol. The summed E-state index contributed by atoms with van der Waals surface area (Å²) in [5.74, 6) is 1.15. The molecule has 0 radical (unpaired) electrons. The average molecular weight is 324 g/mol. The molecule has 0 unspecified atom stereocenters. The lowest BCUT2D eigenvalue weighted by atomic mass is 9.86. The van der Waals surface area contributed by atoms with Crippen LogP contribution < -0.4 is 9.47 Å². The summed E-state index contributed by atoms with van der Waals surface area (Å²) in [6.07, 6.45) is 7.41. The fourth-order valence-electron chi connectivity index (χ4n) is 3.50. The van der Waals surface area contributed by atoms with E-state index in [9.17, 15) is 10.2 Å². The van der Waals surface area contributed by atoms with Crippen molar-refractivity contribution >= 4 is 6.08 Å². The van der Waals surface area contributed by atoms with E-state index in [1.807, 2.05) is 12.1 Å². The second-order valence-electron chi connectivity index (χ2n) is 5.97. The molecule has 2 N–H and O–H groups in total. The number of fused-ring (bicyclic) bond motifs is 4. The minimum atomic E-state index is -0.213. The Morgan fingerprint density at radius 1 is 1.12 bits per heavy atom. The van der Waals surface area contributed by atoms with E-state index in [0.717, 1.165) is 52.4 Å². The predicted molar refractivity (Wildman–Crippen MR) is 89.7 cm³/mol. The Morgan fingerprint density at radius 2 is 1.96 bits per heavy atom. The lowest BCUT2D eigenvalue weighted by Gasteiger charge is -2.34. The summed E-state index contributed by atoms with van der Waals surface area (Å²) in [6.45, 7) is 1.53. The van der Waals surface area contributed by atoms with Gasteiger partial charge in [-0.2, -0.15) is 0 Å². The van der Waals surface area contributed by atoms with Crippen LogP contribution in [0.25, 0.3) is 6.08 Å². The second kappa shape index (κ2) is 5.32. The van der Waals surface area contributed by atoms with Gasteiger partial charge in [-0.05, 0) is 17.7 Å². The summed E-state index contributed by atoms with van der Waals surface area (Å²) in [5.41, 5.74) is 5.00. The smallest absolute Gasteiger partial charge is 0.300 e. The molecule has 0 aromatic heterocycles. The summed E-state index contributed by atoms with van der Waals surface area (Å²) < 4.78 is 10.9. The van der Waals surface area contributed by atoms with Gasteiger partial charge in [-0.1, -0.05) is 0 Å². The number of methoxy groups -OCH3 is 2. The van der Waals surface area contributed by atoms with E-state index >= 15 is 0 Å². The Kier molecular flexibility index (Phi) is 3.25. The van der Waals surface area contributed by atoms with Crippen LogP contribution in [0.1, 0.15) is 17.5 Å². The van der Waals surface area contributed by atoms with Crippen molar-refractivity contribution in [1.82, 2.24) is 4.90 Å². The first-order valence-corrected chi connectivity index (χ1v) is 7.80. The molecule has 2 aliphatic heterocycles. The molecule has 4 rings (SSSR count). The summed E-state index contributed by atoms with van der Waals surface area (Å²) in [6, 6.07) is 3.90. The van der Waals surface area contributed by atoms with E-state index in [-0.39, 0.29) is 11.5 Å². The van der Waals surface area contributed by atoms with Crippen molar-refractivity contribution in [2.75, 3.05) is 20.8 Å². The normalized spacial score (nSPS) is 18.4. The van der Waals surface area contributed by atoms with Crippen LogP contribution in [-0.2, 0) is 6.54 Å². The maximum absolute atomic E-state index is 9.82. The van der Waals surface area contributed by atoms with Gasteiger partial charge in [0.15, 0.2) is 17.1 Å². The molecule has 1 aromatic rings. The highest BCUT2D eigenvalue weighted by Crippen LogP contribution is 2.43. The molecule has 1 fully saturated rings. The minimum Gasteiger partial charge on any atom is -0.493 e. The largest absolute Gasteiger partial charge is 0.493 e. The van der Waals surface area contributed by atoms with Crippen molar-refractivity contribution in [3.8, 4) is 11.5 Å². The Bertz CT molecular complexity index is 845. The number of piperidine rings is 1. The third kappa shape index (κ3) is 2.06. The van der Waals surface area contributed by atoms with Crippen molar-refractivity contribution in [1.29, 1.82) is 0 Å². The van der Waals surface area contributed by atoms with Crippen LogP contribution in [0.5, 0.6) is 11.5 Å². The van der Waals surface area contributed by atoms with E-state index in [4.69, 9.17) is 9.47 Å². The number of hydrogen-bond donors (Lipinski definition) is 2. The molecule has 0 saturated carbocycles. The molecule has 0 spiro atoms. The molecule has 3 aliphatic rings. The molecule has 0 bridgehead atoms. The van der Waals surface area contributed by atoms with Crippen LogP contribution in [0.3, 0.4) is 0 Å². The average Bonchev–Trinajstić information content (AvgIpc) is 2.60. The number of ether oxygens (including phenoxy) is 2. The van der Waals surface area contributed by atoms with E-state index in [1.54, 1.807) is 20.3 Å². The highest BCUT2D eigenvalue weighted by molar-refractivity contribution is 5.71. The molecule has 0 amide bonds. The molecule has 5 nitrogen and oxygen atoms in total. The van der Waals surface area contributed by atoms with Crippen molar-refractivity contribution in [3.63, 3.8) is 0 Å². The topological polar surface area (TPSA) is 62.2 Å². The first-order chi connectivity index (χ1) is 11.6. The van der Waals surface area contributed by atoms with Crippen molar-refractivity contribution in [2.24, 2.45) is 0 Å². The standard InChI is InChI=1S/C19H17NO4/c1-23-18-4-3-11-7-15-13-9-17(22)16(21)8-12(13)5-6-20(15)10-14(11)19(18)24-2/h3-4,7-8H,5-6,10H2,1-2H3,(H-,21,22)/p+1. The first kappa shape index (κ1) is 14.7. The van der Waals surface area contributed by atoms with Crippen LogP contribution in [0.2, 0.25) is 0 Å². The number of hydrogen-bond acceptors (Lipinski definition) is 5. The number of allylic oxidation sites excluding steroid dienone is 3. The molecular formula is C19H18NO4+. The van der Waals surface area contributed by atoms with Gasteiger partial charge in [0.25, 0.3) is 0 Å². The van der Waals surface area contributed by atoms with Gasteiger partial charge in [0.1, 0.15) is 5.70 Å². The zero-order valence-corrected chi connectivity index (χ0v) is 13.6. The highest BCUT2D eigenvalue weighted by Gasteiger charge is 2.38. The van der Waals surface area contributed by atoms with Crippen LogP contribution >= 0.6 is 0 Å². The maximum Gasteiger partial charge on any atom is 0.300 e. The number of aliphatic hydroxyl groups is 2. The van der Waals surface area contributed by atoms with Crippen molar-refractivity contribution < 1.29 is 19.7 Å². The Morgan fingerprint density at radius 3 is 2.71 bits per heavy atom.